The van der Waals surface area contributed by atoms with Crippen molar-refractivity contribution in [3.63, 3.8) is 0 Å². The Hall–Kier alpha value is -1.68. The largest absolute Gasteiger partial charge is 1.00 e. The van der Waals surface area contributed by atoms with Crippen LogP contribution < -0.4 is 40.2 Å². The molecule has 2 aromatic rings. The van der Waals surface area contributed by atoms with Crippen LogP contribution in [0, 0.1) is 0 Å². The maximum atomic E-state index is 12.1. The van der Waals surface area contributed by atoms with Crippen LogP contribution in [0.15, 0.2) is 60.7 Å². The third-order valence-corrected chi connectivity index (χ3v) is 5.46. The molecule has 0 aliphatic carbocycles. The summed E-state index contributed by atoms with van der Waals surface area (Å²) in [7, 11) is 0. The molecular weight excluding hydrogens is 426 g/mol. The number of nitrogens with zero attached hydrogens (tertiary/aromatic N) is 2. The van der Waals surface area contributed by atoms with Crippen molar-refractivity contribution in [2.45, 2.75) is 19.0 Å². The normalized spacial score (nSPS) is 19.8. The average molecular weight is 459 g/mol. The van der Waals surface area contributed by atoms with Crippen molar-refractivity contribution < 1.29 is 45.7 Å². The number of piperazine rings is 2. The molecule has 33 heavy (non-hydrogen) atoms. The van der Waals surface area contributed by atoms with E-state index in [-0.39, 0.29) is 63.9 Å². The van der Waals surface area contributed by atoms with Gasteiger partial charge in [0.25, 0.3) is 11.8 Å². The molecule has 0 bridgehead atoms. The number of amides is 2. The Labute approximate surface area is 222 Å². The predicted octanol–water partition coefficient (Wildman–Crippen LogP) is -2.05. The number of hydrogen-bond donors (Lipinski definition) is 3. The summed E-state index contributed by atoms with van der Waals surface area (Å²) in [4.78, 5) is 27.8. The molecule has 3 N–H and O–H groups in total. The summed E-state index contributed by atoms with van der Waals surface area (Å²) in [6.07, 6.45) is 0. The van der Waals surface area contributed by atoms with Gasteiger partial charge in [-0.25, -0.2) is 0 Å². The van der Waals surface area contributed by atoms with Gasteiger partial charge in [0.15, 0.2) is 0 Å². The van der Waals surface area contributed by atoms with E-state index in [9.17, 15) is 9.59 Å². The predicted molar refractivity (Wildman–Crippen MR) is 128 cm³/mol. The summed E-state index contributed by atoms with van der Waals surface area (Å²) in [6, 6.07) is 19.1. The Balaban J connectivity index is 0.000000590. The summed E-state index contributed by atoms with van der Waals surface area (Å²) in [5.41, 5.74) is 1.49. The number of benzene rings is 2. The summed E-state index contributed by atoms with van der Waals surface area (Å²) >= 11 is 0. The fraction of sp³-hybridized carbons (Fsp3) is 0.417. The number of carbonyl (C=O) groups excluding carboxylic acids is 2. The van der Waals surface area contributed by atoms with E-state index in [0.717, 1.165) is 31.7 Å². The molecule has 2 aromatic carbocycles. The van der Waals surface area contributed by atoms with Crippen LogP contribution in [0.3, 0.4) is 0 Å². The van der Waals surface area contributed by atoms with Crippen molar-refractivity contribution in [3.8, 4) is 0 Å². The summed E-state index contributed by atoms with van der Waals surface area (Å²) in [6.45, 7) is 6.67. The molecule has 2 heterocycles. The number of carbonyl (C=O) groups is 2. The third-order valence-electron chi connectivity index (χ3n) is 5.46. The SMILES string of the molecule is CC1CN(C(=O)c2ccccc2)CCN1.O=C(c1ccccc1)N1CCNC(CO)C1.[B].[H-].[Na+]. The molecule has 2 aliphatic heterocycles. The van der Waals surface area contributed by atoms with Gasteiger partial charge in [0.1, 0.15) is 0 Å². The molecule has 2 saturated heterocycles. The molecule has 171 valence electrons. The molecule has 7 nitrogen and oxygen atoms in total. The quantitative estimate of drug-likeness (QED) is 0.461. The molecular formula is C24H33BN4NaO3. The molecule has 3 radical (unpaired) electrons. The van der Waals surface area contributed by atoms with Gasteiger partial charge in [0, 0.05) is 70.9 Å². The molecule has 2 unspecified atom stereocenters. The maximum absolute atomic E-state index is 12.1. The number of aliphatic hydroxyl groups is 1. The molecule has 2 fully saturated rings. The van der Waals surface area contributed by atoms with Crippen LogP contribution in [-0.4, -0.2) is 93.1 Å². The van der Waals surface area contributed by atoms with Crippen molar-refractivity contribution >= 4 is 20.2 Å². The fourth-order valence-corrected chi connectivity index (χ4v) is 3.78. The monoisotopic (exact) mass is 459 g/mol. The van der Waals surface area contributed by atoms with E-state index < -0.39 is 0 Å². The van der Waals surface area contributed by atoms with Gasteiger partial charge in [-0.1, -0.05) is 36.4 Å². The van der Waals surface area contributed by atoms with E-state index in [1.807, 2.05) is 65.6 Å². The van der Waals surface area contributed by atoms with E-state index in [0.29, 0.717) is 24.7 Å². The van der Waals surface area contributed by atoms with Crippen molar-refractivity contribution in [2.24, 2.45) is 0 Å². The zero-order chi connectivity index (χ0) is 22.1. The van der Waals surface area contributed by atoms with Crippen LogP contribution >= 0.6 is 0 Å². The molecule has 2 atom stereocenters. The second kappa shape index (κ2) is 15.3. The molecule has 0 spiro atoms. The standard InChI is InChI=1S/C12H16N2O2.C12H16N2O.B.Na.H/c15-9-11-8-14(7-6-13-11)12(16)10-4-2-1-3-5-10;1-10-9-14(8-7-13-10)12(15)11-5-3-2-4-6-11;;;/h1-5,11,13,15H,6-9H2;2-6,10,13H,7-9H2,1H3;;;/q;;;+1;-1. The minimum absolute atomic E-state index is 0. The van der Waals surface area contributed by atoms with Crippen molar-refractivity contribution in [2.75, 3.05) is 45.9 Å². The zero-order valence-corrected chi connectivity index (χ0v) is 21.6. The number of nitrogens with one attached hydrogen (secondary N) is 2. The van der Waals surface area contributed by atoms with Gasteiger partial charge in [-0.3, -0.25) is 9.59 Å². The van der Waals surface area contributed by atoms with Crippen LogP contribution in [-0.2, 0) is 0 Å². The van der Waals surface area contributed by atoms with Gasteiger partial charge >= 0.3 is 29.6 Å². The average Bonchev–Trinajstić information content (AvgIpc) is 2.84. The van der Waals surface area contributed by atoms with Crippen LogP contribution in [0.1, 0.15) is 29.1 Å². The molecule has 4 rings (SSSR count). The first-order valence-corrected chi connectivity index (χ1v) is 10.8. The van der Waals surface area contributed by atoms with E-state index in [4.69, 9.17) is 5.11 Å². The van der Waals surface area contributed by atoms with Crippen molar-refractivity contribution in [1.29, 1.82) is 0 Å². The molecule has 9 heteroatoms. The van der Waals surface area contributed by atoms with Gasteiger partial charge in [-0.15, -0.1) is 0 Å². The summed E-state index contributed by atoms with van der Waals surface area (Å²) < 4.78 is 0. The van der Waals surface area contributed by atoms with Crippen LogP contribution in [0.25, 0.3) is 0 Å². The number of aliphatic hydroxyl groups excluding tert-OH is 1. The first-order valence-electron chi connectivity index (χ1n) is 10.8. The molecule has 2 aliphatic rings. The smallest absolute Gasteiger partial charge is 1.00 e. The van der Waals surface area contributed by atoms with E-state index >= 15 is 0 Å². The molecule has 2 amide bonds. The first-order chi connectivity index (χ1) is 15.1. The Bertz CT molecular complexity index is 851. The Kier molecular flexibility index (Phi) is 13.6. The Morgan fingerprint density at radius 2 is 1.33 bits per heavy atom. The van der Waals surface area contributed by atoms with Crippen LogP contribution in [0.2, 0.25) is 0 Å². The summed E-state index contributed by atoms with van der Waals surface area (Å²) in [5.74, 6) is 0.185. The fourth-order valence-electron chi connectivity index (χ4n) is 3.78. The minimum atomic E-state index is 0. The Morgan fingerprint density at radius 1 is 0.879 bits per heavy atom. The van der Waals surface area contributed by atoms with E-state index in [2.05, 4.69) is 17.6 Å². The van der Waals surface area contributed by atoms with Gasteiger partial charge < -0.3 is 27.0 Å². The van der Waals surface area contributed by atoms with E-state index in [1.54, 1.807) is 4.90 Å². The zero-order valence-electron chi connectivity index (χ0n) is 20.6. The van der Waals surface area contributed by atoms with Crippen LogP contribution in [0.4, 0.5) is 0 Å². The van der Waals surface area contributed by atoms with Gasteiger partial charge in [0.05, 0.1) is 6.61 Å². The van der Waals surface area contributed by atoms with Gasteiger partial charge in [-0.2, -0.15) is 0 Å². The first kappa shape index (κ1) is 29.4. The molecule has 0 aromatic heterocycles. The Morgan fingerprint density at radius 3 is 1.79 bits per heavy atom. The minimum Gasteiger partial charge on any atom is -1.00 e. The second-order valence-corrected chi connectivity index (χ2v) is 7.92. The summed E-state index contributed by atoms with van der Waals surface area (Å²) in [5, 5.41) is 15.5. The number of rotatable bonds is 3. The van der Waals surface area contributed by atoms with Crippen molar-refractivity contribution in [1.82, 2.24) is 20.4 Å². The number of hydrogen-bond acceptors (Lipinski definition) is 5. The third kappa shape index (κ3) is 8.89. The van der Waals surface area contributed by atoms with Crippen LogP contribution in [0.5, 0.6) is 0 Å². The second-order valence-electron chi connectivity index (χ2n) is 7.92. The maximum Gasteiger partial charge on any atom is 1.00 e. The van der Waals surface area contributed by atoms with Gasteiger partial charge in [-0.05, 0) is 31.2 Å². The van der Waals surface area contributed by atoms with E-state index in [1.165, 1.54) is 0 Å². The topological polar surface area (TPSA) is 84.9 Å². The van der Waals surface area contributed by atoms with Gasteiger partial charge in [0.2, 0.25) is 0 Å². The molecule has 0 saturated carbocycles. The van der Waals surface area contributed by atoms with Crippen molar-refractivity contribution in [3.05, 3.63) is 71.8 Å².